The van der Waals surface area contributed by atoms with Gasteiger partial charge < -0.3 is 18.9 Å². The third-order valence-corrected chi connectivity index (χ3v) is 3.48. The van der Waals surface area contributed by atoms with Gasteiger partial charge in [0, 0.05) is 6.20 Å². The van der Waals surface area contributed by atoms with Gasteiger partial charge in [0.1, 0.15) is 5.76 Å². The van der Waals surface area contributed by atoms with Crippen LogP contribution >= 0.6 is 15.9 Å². The third kappa shape index (κ3) is 3.57. The minimum absolute atomic E-state index is 0.122. The van der Waals surface area contributed by atoms with Gasteiger partial charge in [-0.05, 0) is 40.2 Å². The van der Waals surface area contributed by atoms with Crippen molar-refractivity contribution >= 4 is 33.5 Å². The number of nitrogens with one attached hydrogen (secondary N) is 1. The summed E-state index contributed by atoms with van der Waals surface area (Å²) in [5, 5.41) is 6.79. The smallest absolute Gasteiger partial charge is 0.373 e. The summed E-state index contributed by atoms with van der Waals surface area (Å²) in [6, 6.07) is 6.38. The summed E-state index contributed by atoms with van der Waals surface area (Å²) in [4.78, 5) is 23.3. The minimum Gasteiger partial charge on any atom is -0.463 e. The van der Waals surface area contributed by atoms with Crippen molar-refractivity contribution in [3.05, 3.63) is 58.6 Å². The molecule has 0 aliphatic rings. The second-order valence-electron chi connectivity index (χ2n) is 4.74. The van der Waals surface area contributed by atoms with E-state index in [9.17, 15) is 9.59 Å². The molecular weight excluding hydrogens is 382 g/mol. The van der Waals surface area contributed by atoms with Crippen molar-refractivity contribution in [1.29, 1.82) is 0 Å². The quantitative estimate of drug-likeness (QED) is 0.668. The van der Waals surface area contributed by atoms with E-state index in [-0.39, 0.29) is 17.4 Å². The number of rotatable bonds is 5. The van der Waals surface area contributed by atoms with Gasteiger partial charge in [0.15, 0.2) is 10.4 Å². The Kier molecular flexibility index (Phi) is 4.52. The molecule has 0 atom stereocenters. The van der Waals surface area contributed by atoms with E-state index < -0.39 is 5.97 Å². The average Bonchev–Trinajstić information content (AvgIpc) is 3.29. The zero-order chi connectivity index (χ0) is 17.1. The van der Waals surface area contributed by atoms with Gasteiger partial charge in [-0.15, -0.1) is 0 Å². The maximum Gasteiger partial charge on any atom is 0.373 e. The highest BCUT2D eigenvalue weighted by Gasteiger charge is 2.13. The molecular formula is C15H12BrN3O5. The minimum atomic E-state index is -0.542. The summed E-state index contributed by atoms with van der Waals surface area (Å²) >= 11 is 3.14. The Morgan fingerprint density at radius 3 is 2.75 bits per heavy atom. The van der Waals surface area contributed by atoms with Crippen molar-refractivity contribution in [2.75, 3.05) is 12.4 Å². The van der Waals surface area contributed by atoms with Gasteiger partial charge in [0.2, 0.25) is 5.76 Å². The van der Waals surface area contributed by atoms with Crippen LogP contribution in [0.3, 0.4) is 0 Å². The molecule has 0 saturated heterocycles. The van der Waals surface area contributed by atoms with Crippen molar-refractivity contribution in [1.82, 2.24) is 9.78 Å². The van der Waals surface area contributed by atoms with Crippen LogP contribution in [0.2, 0.25) is 0 Å². The SMILES string of the molecule is COC(=O)c1ccc(Cn2cc(NC(=O)c3ccc(Br)o3)cn2)o1. The fraction of sp³-hybridized carbons (Fsp3) is 0.133. The monoisotopic (exact) mass is 393 g/mol. The summed E-state index contributed by atoms with van der Waals surface area (Å²) in [5.41, 5.74) is 0.507. The normalized spacial score (nSPS) is 10.6. The third-order valence-electron chi connectivity index (χ3n) is 3.05. The number of hydrogen-bond acceptors (Lipinski definition) is 6. The summed E-state index contributed by atoms with van der Waals surface area (Å²) in [6.45, 7) is 0.305. The second kappa shape index (κ2) is 6.75. The zero-order valence-electron chi connectivity index (χ0n) is 12.5. The number of esters is 1. The molecule has 0 radical (unpaired) electrons. The lowest BCUT2D eigenvalue weighted by molar-refractivity contribution is 0.0562. The summed E-state index contributed by atoms with van der Waals surface area (Å²) in [7, 11) is 1.28. The van der Waals surface area contributed by atoms with E-state index in [1.807, 2.05) is 0 Å². The molecule has 3 heterocycles. The topological polar surface area (TPSA) is 99.5 Å². The molecule has 0 fully saturated rings. The molecule has 3 aromatic rings. The van der Waals surface area contributed by atoms with E-state index in [0.717, 1.165) is 0 Å². The average molecular weight is 394 g/mol. The van der Waals surface area contributed by atoms with E-state index in [2.05, 4.69) is 31.1 Å². The van der Waals surface area contributed by atoms with Gasteiger partial charge >= 0.3 is 5.97 Å². The highest BCUT2D eigenvalue weighted by atomic mass is 79.9. The molecule has 8 nitrogen and oxygen atoms in total. The Morgan fingerprint density at radius 2 is 2.04 bits per heavy atom. The Labute approximate surface area is 144 Å². The first kappa shape index (κ1) is 16.1. The highest BCUT2D eigenvalue weighted by molar-refractivity contribution is 9.10. The van der Waals surface area contributed by atoms with Crippen molar-refractivity contribution in [2.24, 2.45) is 0 Å². The molecule has 1 N–H and O–H groups in total. The van der Waals surface area contributed by atoms with Crippen LogP contribution in [0.1, 0.15) is 26.9 Å². The summed E-state index contributed by atoms with van der Waals surface area (Å²) in [5.74, 6) is -0.0863. The Balaban J connectivity index is 1.64. The number of hydrogen-bond donors (Lipinski definition) is 1. The number of ether oxygens (including phenoxy) is 1. The number of carbonyl (C=O) groups excluding carboxylic acids is 2. The lowest BCUT2D eigenvalue weighted by atomic mass is 10.4. The Morgan fingerprint density at radius 1 is 1.25 bits per heavy atom. The number of amides is 1. The highest BCUT2D eigenvalue weighted by Crippen LogP contribution is 2.16. The Hall–Kier alpha value is -2.81. The summed E-state index contributed by atoms with van der Waals surface area (Å²) < 4.78 is 17.1. The number of aromatic nitrogens is 2. The molecule has 0 unspecified atom stereocenters. The Bertz CT molecular complexity index is 879. The maximum absolute atomic E-state index is 12.0. The van der Waals surface area contributed by atoms with Crippen LogP contribution < -0.4 is 5.32 Å². The standard InChI is InChI=1S/C15H12BrN3O5/c1-22-15(21)12-3-2-10(23-12)8-19-7-9(6-17-19)18-14(20)11-4-5-13(16)24-11/h2-7H,8H2,1H3,(H,18,20). The molecule has 24 heavy (non-hydrogen) atoms. The predicted octanol–water partition coefficient (Wildman–Crippen LogP) is 2.92. The van der Waals surface area contributed by atoms with Crippen LogP contribution in [-0.2, 0) is 11.3 Å². The van der Waals surface area contributed by atoms with Crippen molar-refractivity contribution in [3.63, 3.8) is 0 Å². The van der Waals surface area contributed by atoms with Crippen LogP contribution in [0.4, 0.5) is 5.69 Å². The molecule has 0 aromatic carbocycles. The van der Waals surface area contributed by atoms with Gasteiger partial charge in [0.05, 0.1) is 25.5 Å². The first-order valence-electron chi connectivity index (χ1n) is 6.81. The van der Waals surface area contributed by atoms with E-state index >= 15 is 0 Å². The fourth-order valence-corrected chi connectivity index (χ4v) is 2.28. The number of nitrogens with zero attached hydrogens (tertiary/aromatic N) is 2. The van der Waals surface area contributed by atoms with Crippen LogP contribution in [0, 0.1) is 0 Å². The first-order valence-corrected chi connectivity index (χ1v) is 7.60. The van der Waals surface area contributed by atoms with Gasteiger partial charge in [-0.3, -0.25) is 9.48 Å². The van der Waals surface area contributed by atoms with Crippen LogP contribution in [-0.4, -0.2) is 28.8 Å². The maximum atomic E-state index is 12.0. The van der Waals surface area contributed by atoms with E-state index in [1.54, 1.807) is 29.1 Å². The second-order valence-corrected chi connectivity index (χ2v) is 5.52. The molecule has 3 aromatic heterocycles. The van der Waals surface area contributed by atoms with Crippen LogP contribution in [0.5, 0.6) is 0 Å². The largest absolute Gasteiger partial charge is 0.463 e. The number of carbonyl (C=O) groups is 2. The van der Waals surface area contributed by atoms with Crippen LogP contribution in [0.15, 0.2) is 50.2 Å². The van der Waals surface area contributed by atoms with Crippen LogP contribution in [0.25, 0.3) is 0 Å². The molecule has 124 valence electrons. The van der Waals surface area contributed by atoms with Crippen molar-refractivity contribution in [3.8, 4) is 0 Å². The summed E-state index contributed by atoms with van der Waals surface area (Å²) in [6.07, 6.45) is 3.14. The van der Waals surface area contributed by atoms with Crippen molar-refractivity contribution in [2.45, 2.75) is 6.54 Å². The molecule has 9 heteroatoms. The molecule has 0 spiro atoms. The van der Waals surface area contributed by atoms with Gasteiger partial charge in [-0.25, -0.2) is 4.79 Å². The number of furan rings is 2. The number of anilines is 1. The number of methoxy groups -OCH3 is 1. The lowest BCUT2D eigenvalue weighted by Gasteiger charge is -1.99. The molecule has 0 aliphatic heterocycles. The van der Waals surface area contributed by atoms with E-state index in [1.165, 1.54) is 19.4 Å². The molecule has 0 saturated carbocycles. The lowest BCUT2D eigenvalue weighted by Crippen LogP contribution is -2.10. The molecule has 0 aliphatic carbocycles. The predicted molar refractivity (Wildman–Crippen MR) is 85.7 cm³/mol. The fourth-order valence-electron chi connectivity index (χ4n) is 1.98. The number of halogens is 1. The molecule has 3 rings (SSSR count). The first-order chi connectivity index (χ1) is 11.5. The van der Waals surface area contributed by atoms with Gasteiger partial charge in [0.25, 0.3) is 5.91 Å². The van der Waals surface area contributed by atoms with Gasteiger partial charge in [-0.1, -0.05) is 0 Å². The molecule has 0 bridgehead atoms. The molecule has 1 amide bonds. The van der Waals surface area contributed by atoms with E-state index in [4.69, 9.17) is 8.83 Å². The zero-order valence-corrected chi connectivity index (χ0v) is 14.1. The van der Waals surface area contributed by atoms with Gasteiger partial charge in [-0.2, -0.15) is 5.10 Å². The van der Waals surface area contributed by atoms with Crippen molar-refractivity contribution < 1.29 is 23.2 Å². The van der Waals surface area contributed by atoms with E-state index in [0.29, 0.717) is 22.7 Å².